The van der Waals surface area contributed by atoms with E-state index in [1.165, 1.54) is 17.5 Å². The first-order valence-electron chi connectivity index (χ1n) is 5.89. The highest BCUT2D eigenvalue weighted by Gasteiger charge is 2.17. The maximum absolute atomic E-state index is 11.4. The number of sulfone groups is 1. The second-order valence-electron chi connectivity index (χ2n) is 4.51. The van der Waals surface area contributed by atoms with Crippen LogP contribution >= 0.6 is 0 Å². The Kier molecular flexibility index (Phi) is 6.26. The monoisotopic (exact) mass is 260 g/mol. The molecule has 0 aliphatic rings. The molecule has 94 valence electrons. The van der Waals surface area contributed by atoms with E-state index in [9.17, 15) is 8.42 Å². The molecule has 0 aliphatic carbocycles. The quantitative estimate of drug-likeness (QED) is 0.541. The minimum absolute atomic E-state index is 0.175. The number of hydrogen-bond acceptors (Lipinski definition) is 2. The van der Waals surface area contributed by atoms with Gasteiger partial charge in [0.25, 0.3) is 0 Å². The fourth-order valence-corrected chi connectivity index (χ4v) is 3.67. The van der Waals surface area contributed by atoms with E-state index in [1.807, 2.05) is 13.0 Å². The van der Waals surface area contributed by atoms with E-state index in [1.54, 1.807) is 6.92 Å². The van der Waals surface area contributed by atoms with Gasteiger partial charge in [-0.1, -0.05) is 51.2 Å². The summed E-state index contributed by atoms with van der Waals surface area (Å²) in [6.45, 7) is 10.3. The van der Waals surface area contributed by atoms with Gasteiger partial charge in [0.15, 0.2) is 9.84 Å². The summed E-state index contributed by atoms with van der Waals surface area (Å²) in [6.07, 6.45) is 1.98. The molecule has 16 heavy (non-hydrogen) atoms. The van der Waals surface area contributed by atoms with Crippen LogP contribution in [0, 0.1) is 0 Å². The van der Waals surface area contributed by atoms with Crippen molar-refractivity contribution in [2.24, 2.45) is 0 Å². The van der Waals surface area contributed by atoms with Gasteiger partial charge in [-0.15, -0.1) is 0 Å². The van der Waals surface area contributed by atoms with Gasteiger partial charge in [-0.25, -0.2) is 8.42 Å². The zero-order chi connectivity index (χ0) is 12.8. The summed E-state index contributed by atoms with van der Waals surface area (Å²) in [7, 11) is -4.26. The van der Waals surface area contributed by atoms with Gasteiger partial charge in [0.05, 0.1) is 13.8 Å². The van der Waals surface area contributed by atoms with E-state index >= 15 is 0 Å². The van der Waals surface area contributed by atoms with E-state index < -0.39 is 17.9 Å². The summed E-state index contributed by atoms with van der Waals surface area (Å²) >= 11 is 0. The number of allylic oxidation sites excluding steroid dienone is 2. The van der Waals surface area contributed by atoms with Gasteiger partial charge in [0, 0.05) is 5.41 Å². The Hall–Kier alpha value is -0.353. The van der Waals surface area contributed by atoms with Crippen molar-refractivity contribution >= 4 is 17.9 Å². The smallest absolute Gasteiger partial charge is 0.171 e. The third kappa shape index (κ3) is 5.65. The fourth-order valence-electron chi connectivity index (χ4n) is 1.22. The molecular formula is C12H24O2SSi. The molecule has 2 nitrogen and oxygen atoms in total. The first-order valence-corrected chi connectivity index (χ1v) is 10.6. The van der Waals surface area contributed by atoms with E-state index in [4.69, 9.17) is 0 Å². The molecule has 0 atom stereocenters. The van der Waals surface area contributed by atoms with Crippen molar-refractivity contribution < 1.29 is 8.42 Å². The number of hydrogen-bond donors (Lipinski definition) is 0. The first-order chi connectivity index (χ1) is 7.28. The molecule has 0 spiro atoms. The van der Waals surface area contributed by atoms with E-state index in [2.05, 4.69) is 26.1 Å². The predicted molar refractivity (Wildman–Crippen MR) is 74.9 cm³/mol. The predicted octanol–water partition coefficient (Wildman–Crippen LogP) is 3.54. The molecule has 0 heterocycles. The summed E-state index contributed by atoms with van der Waals surface area (Å²) in [6, 6.07) is 2.40. The molecule has 0 fully saturated rings. The molecule has 4 heteroatoms. The van der Waals surface area contributed by atoms with Crippen LogP contribution < -0.4 is 0 Å². The van der Waals surface area contributed by atoms with Crippen LogP contribution in [0.5, 0.6) is 0 Å². The molecule has 0 aromatic carbocycles. The average Bonchev–Trinajstić information content (AvgIpc) is 2.25. The molecule has 0 saturated carbocycles. The van der Waals surface area contributed by atoms with Crippen molar-refractivity contribution in [2.45, 2.75) is 46.3 Å². The topological polar surface area (TPSA) is 34.1 Å². The lowest BCUT2D eigenvalue weighted by atomic mass is 10.4. The highest BCUT2D eigenvalue weighted by atomic mass is 32.2. The summed E-state index contributed by atoms with van der Waals surface area (Å²) in [5.41, 5.74) is 3.09. The lowest BCUT2D eigenvalue weighted by Gasteiger charge is -2.18. The van der Waals surface area contributed by atoms with Crippen LogP contribution in [0.2, 0.25) is 18.6 Å². The fraction of sp³-hybridized carbons (Fsp3) is 0.667. The summed E-state index contributed by atoms with van der Waals surface area (Å²) < 4.78 is 22.7. The maximum Gasteiger partial charge on any atom is 0.171 e. The number of rotatable bonds is 6. The second-order valence-corrected chi connectivity index (χ2v) is 11.7. The van der Waals surface area contributed by atoms with Gasteiger partial charge in [-0.05, 0) is 12.5 Å². The molecule has 0 N–H and O–H groups in total. The van der Waals surface area contributed by atoms with Crippen LogP contribution in [0.15, 0.2) is 22.8 Å². The summed E-state index contributed by atoms with van der Waals surface area (Å²) in [5.74, 6) is 0.175. The second kappa shape index (κ2) is 6.40. The third-order valence-electron chi connectivity index (χ3n) is 3.13. The minimum atomic E-state index is -3.00. The average molecular weight is 260 g/mol. The summed E-state index contributed by atoms with van der Waals surface area (Å²) in [5, 5.41) is 1.38. The Morgan fingerprint density at radius 1 is 1.19 bits per heavy atom. The molecule has 0 aromatic rings. The third-order valence-corrected chi connectivity index (χ3v) is 8.87. The lowest BCUT2D eigenvalue weighted by molar-refractivity contribution is 0.605. The molecule has 0 aromatic heterocycles. The van der Waals surface area contributed by atoms with Crippen molar-refractivity contribution in [1.82, 2.24) is 0 Å². The maximum atomic E-state index is 11.4. The van der Waals surface area contributed by atoms with E-state index in [0.29, 0.717) is 0 Å². The molecule has 0 aliphatic heterocycles. The van der Waals surface area contributed by atoms with Crippen LogP contribution in [0.1, 0.15) is 27.7 Å². The molecule has 0 radical (unpaired) electrons. The van der Waals surface area contributed by atoms with Crippen molar-refractivity contribution in [2.75, 3.05) is 5.75 Å². The normalized spacial score (nSPS) is 14.7. The van der Waals surface area contributed by atoms with Crippen molar-refractivity contribution in [3.63, 3.8) is 0 Å². The lowest BCUT2D eigenvalue weighted by Crippen LogP contribution is -2.24. The zero-order valence-electron chi connectivity index (χ0n) is 11.1. The van der Waals surface area contributed by atoms with Crippen molar-refractivity contribution in [3.05, 3.63) is 22.8 Å². The largest absolute Gasteiger partial charge is 0.224 e. The Labute approximate surface area is 101 Å². The Morgan fingerprint density at radius 2 is 1.69 bits per heavy atom. The van der Waals surface area contributed by atoms with Gasteiger partial charge < -0.3 is 0 Å². The molecule has 0 saturated heterocycles. The van der Waals surface area contributed by atoms with Gasteiger partial charge in [0.1, 0.15) is 0 Å². The zero-order valence-corrected chi connectivity index (χ0v) is 12.9. The Morgan fingerprint density at radius 3 is 2.06 bits per heavy atom. The highest BCUT2D eigenvalue weighted by Crippen LogP contribution is 2.17. The van der Waals surface area contributed by atoms with Gasteiger partial charge in [-0.2, -0.15) is 0 Å². The van der Waals surface area contributed by atoms with Crippen LogP contribution in [0.3, 0.4) is 0 Å². The Bertz CT molecular complexity index is 362. The first kappa shape index (κ1) is 15.6. The van der Waals surface area contributed by atoms with Crippen LogP contribution in [0.4, 0.5) is 0 Å². The minimum Gasteiger partial charge on any atom is -0.224 e. The highest BCUT2D eigenvalue weighted by molar-refractivity contribution is 7.94. The van der Waals surface area contributed by atoms with Crippen LogP contribution in [0.25, 0.3) is 0 Å². The van der Waals surface area contributed by atoms with Gasteiger partial charge >= 0.3 is 0 Å². The van der Waals surface area contributed by atoms with Crippen LogP contribution in [-0.4, -0.2) is 22.2 Å². The SMILES string of the molecule is CC[Si](C)(C=CC(C)=CS(=O)(=O)CC)CC. The van der Waals surface area contributed by atoms with Crippen LogP contribution in [-0.2, 0) is 9.84 Å². The molecule has 0 unspecified atom stereocenters. The standard InChI is InChI=1S/C12H24O2SSi/c1-6-15(13,14)11-12(4)9-10-16(5,7-2)8-3/h9-11H,6-8H2,1-5H3. The van der Waals surface area contributed by atoms with Crippen molar-refractivity contribution in [3.8, 4) is 0 Å². The van der Waals surface area contributed by atoms with Crippen molar-refractivity contribution in [1.29, 1.82) is 0 Å². The van der Waals surface area contributed by atoms with Gasteiger partial charge in [-0.3, -0.25) is 0 Å². The molecule has 0 bridgehead atoms. The van der Waals surface area contributed by atoms with Gasteiger partial charge in [0.2, 0.25) is 0 Å². The molecule has 0 rings (SSSR count). The Balaban J connectivity index is 4.81. The van der Waals surface area contributed by atoms with E-state index in [-0.39, 0.29) is 5.75 Å². The summed E-state index contributed by atoms with van der Waals surface area (Å²) in [4.78, 5) is 0. The molecule has 0 amide bonds. The van der Waals surface area contributed by atoms with E-state index in [0.717, 1.165) is 5.57 Å². The molecular weight excluding hydrogens is 236 g/mol.